The summed E-state index contributed by atoms with van der Waals surface area (Å²) in [5.74, 6) is 0.468. The molecule has 3 N–H and O–H groups in total. The van der Waals surface area contributed by atoms with Gasteiger partial charge in [-0.25, -0.2) is 0 Å². The van der Waals surface area contributed by atoms with Crippen LogP contribution in [0.25, 0.3) is 21.0 Å². The molecule has 1 unspecified atom stereocenters. The molecule has 6 heteroatoms. The first-order valence-electron chi connectivity index (χ1n) is 8.63. The maximum absolute atomic E-state index is 12.5. The standard InChI is InChI=1S/C21H20N2O3S/c1-21(25,19-10-14-5-3-4-6-18(14)27-19)12-22-20(24)17-9-13-7-8-15(26-2)11-16(13)23-17/h3-11,23,25H,12H2,1-2H3,(H,22,24). The van der Waals surface area contributed by atoms with Gasteiger partial charge in [-0.05, 0) is 42.6 Å². The van der Waals surface area contributed by atoms with E-state index >= 15 is 0 Å². The Labute approximate surface area is 160 Å². The third kappa shape index (κ3) is 3.41. The van der Waals surface area contributed by atoms with E-state index < -0.39 is 5.60 Å². The minimum atomic E-state index is -1.14. The zero-order valence-electron chi connectivity index (χ0n) is 15.1. The van der Waals surface area contributed by atoms with Crippen molar-refractivity contribution >= 4 is 38.2 Å². The van der Waals surface area contributed by atoms with Crippen LogP contribution in [0.1, 0.15) is 22.3 Å². The van der Waals surface area contributed by atoms with E-state index in [0.29, 0.717) is 5.69 Å². The largest absolute Gasteiger partial charge is 0.497 e. The molecular formula is C21H20N2O3S. The van der Waals surface area contributed by atoms with Crippen LogP contribution in [0, 0.1) is 0 Å². The third-order valence-corrected chi connectivity index (χ3v) is 5.99. The first-order valence-corrected chi connectivity index (χ1v) is 9.44. The summed E-state index contributed by atoms with van der Waals surface area (Å²) in [5, 5.41) is 15.7. The molecule has 0 saturated heterocycles. The Balaban J connectivity index is 1.50. The minimum Gasteiger partial charge on any atom is -0.497 e. The van der Waals surface area contributed by atoms with Crippen LogP contribution in [0.3, 0.4) is 0 Å². The van der Waals surface area contributed by atoms with E-state index in [1.54, 1.807) is 20.1 Å². The molecule has 27 heavy (non-hydrogen) atoms. The second kappa shape index (κ2) is 6.72. The number of aromatic nitrogens is 1. The predicted octanol–water partition coefficient (Wildman–Crippen LogP) is 4.03. The molecule has 0 bridgehead atoms. The molecule has 0 radical (unpaired) electrons. The molecule has 4 rings (SSSR count). The molecule has 1 amide bonds. The van der Waals surface area contributed by atoms with E-state index in [1.165, 1.54) is 11.3 Å². The fourth-order valence-corrected chi connectivity index (χ4v) is 4.14. The number of hydrogen-bond donors (Lipinski definition) is 3. The number of fused-ring (bicyclic) bond motifs is 2. The molecule has 5 nitrogen and oxygen atoms in total. The van der Waals surface area contributed by atoms with Crippen molar-refractivity contribution in [3.05, 3.63) is 65.2 Å². The van der Waals surface area contributed by atoms with Gasteiger partial charge in [0.15, 0.2) is 0 Å². The van der Waals surface area contributed by atoms with E-state index in [1.807, 2.05) is 48.5 Å². The highest BCUT2D eigenvalue weighted by atomic mass is 32.1. The average molecular weight is 380 g/mol. The highest BCUT2D eigenvalue weighted by Crippen LogP contribution is 2.33. The predicted molar refractivity (Wildman–Crippen MR) is 109 cm³/mol. The van der Waals surface area contributed by atoms with E-state index in [-0.39, 0.29) is 12.5 Å². The molecule has 4 aromatic rings. The Kier molecular flexibility index (Phi) is 4.37. The molecule has 138 valence electrons. The van der Waals surface area contributed by atoms with Gasteiger partial charge in [0.2, 0.25) is 0 Å². The smallest absolute Gasteiger partial charge is 0.267 e. The number of carbonyl (C=O) groups excluding carboxylic acids is 1. The van der Waals surface area contributed by atoms with Crippen LogP contribution >= 0.6 is 11.3 Å². The normalized spacial score (nSPS) is 13.6. The Morgan fingerprint density at radius 2 is 2.00 bits per heavy atom. The molecule has 2 aromatic heterocycles. The van der Waals surface area contributed by atoms with Crippen LogP contribution in [0.2, 0.25) is 0 Å². The molecule has 0 saturated carbocycles. The van der Waals surface area contributed by atoms with E-state index in [9.17, 15) is 9.90 Å². The average Bonchev–Trinajstić information content (AvgIpc) is 3.29. The van der Waals surface area contributed by atoms with Gasteiger partial charge in [0, 0.05) is 26.5 Å². The lowest BCUT2D eigenvalue weighted by Crippen LogP contribution is -2.38. The van der Waals surface area contributed by atoms with Crippen molar-refractivity contribution in [1.82, 2.24) is 10.3 Å². The number of amides is 1. The number of nitrogens with one attached hydrogen (secondary N) is 2. The summed E-state index contributed by atoms with van der Waals surface area (Å²) >= 11 is 1.54. The first-order chi connectivity index (χ1) is 13.0. The lowest BCUT2D eigenvalue weighted by Gasteiger charge is -2.22. The van der Waals surface area contributed by atoms with Gasteiger partial charge < -0.3 is 20.1 Å². The Hall–Kier alpha value is -2.83. The number of hydrogen-bond acceptors (Lipinski definition) is 4. The number of ether oxygens (including phenoxy) is 1. The number of carbonyl (C=O) groups is 1. The van der Waals surface area contributed by atoms with Crippen molar-refractivity contribution in [3.63, 3.8) is 0 Å². The number of aliphatic hydroxyl groups is 1. The summed E-state index contributed by atoms with van der Waals surface area (Å²) in [6, 6.07) is 17.3. The van der Waals surface area contributed by atoms with Gasteiger partial charge in [-0.1, -0.05) is 18.2 Å². The number of thiophene rings is 1. The molecule has 2 aromatic carbocycles. The fraction of sp³-hybridized carbons (Fsp3) is 0.190. The molecule has 2 heterocycles. The van der Waals surface area contributed by atoms with Crippen LogP contribution in [0.5, 0.6) is 5.75 Å². The van der Waals surface area contributed by atoms with E-state index in [0.717, 1.165) is 31.6 Å². The second-order valence-electron chi connectivity index (χ2n) is 6.74. The van der Waals surface area contributed by atoms with E-state index in [2.05, 4.69) is 10.3 Å². The minimum absolute atomic E-state index is 0.122. The zero-order chi connectivity index (χ0) is 19.0. The second-order valence-corrected chi connectivity index (χ2v) is 7.82. The molecule has 0 spiro atoms. The number of H-pyrrole nitrogens is 1. The van der Waals surface area contributed by atoms with Crippen LogP contribution in [0.4, 0.5) is 0 Å². The van der Waals surface area contributed by atoms with Crippen LogP contribution in [-0.4, -0.2) is 29.7 Å². The van der Waals surface area contributed by atoms with Crippen molar-refractivity contribution in [2.75, 3.05) is 13.7 Å². The molecular weight excluding hydrogens is 360 g/mol. The number of rotatable bonds is 5. The maximum atomic E-state index is 12.5. The van der Waals surface area contributed by atoms with Crippen molar-refractivity contribution in [2.45, 2.75) is 12.5 Å². The Morgan fingerprint density at radius 3 is 2.78 bits per heavy atom. The maximum Gasteiger partial charge on any atom is 0.267 e. The van der Waals surface area contributed by atoms with Crippen molar-refractivity contribution in [2.24, 2.45) is 0 Å². The van der Waals surface area contributed by atoms with Crippen LogP contribution < -0.4 is 10.1 Å². The van der Waals surface area contributed by atoms with Crippen molar-refractivity contribution in [3.8, 4) is 5.75 Å². The molecule has 1 atom stereocenters. The Morgan fingerprint density at radius 1 is 1.19 bits per heavy atom. The van der Waals surface area contributed by atoms with Gasteiger partial charge in [0.25, 0.3) is 5.91 Å². The zero-order valence-corrected chi connectivity index (χ0v) is 15.9. The lowest BCUT2D eigenvalue weighted by molar-refractivity contribution is 0.0556. The van der Waals surface area contributed by atoms with Crippen molar-refractivity contribution < 1.29 is 14.6 Å². The van der Waals surface area contributed by atoms with Gasteiger partial charge >= 0.3 is 0 Å². The number of benzene rings is 2. The topological polar surface area (TPSA) is 74.3 Å². The van der Waals surface area contributed by atoms with E-state index in [4.69, 9.17) is 4.74 Å². The van der Waals surface area contributed by atoms with Crippen molar-refractivity contribution in [1.29, 1.82) is 0 Å². The summed E-state index contributed by atoms with van der Waals surface area (Å²) in [5.41, 5.74) is 0.135. The van der Waals surface area contributed by atoms with Gasteiger partial charge in [-0.3, -0.25) is 4.79 Å². The summed E-state index contributed by atoms with van der Waals surface area (Å²) in [6.07, 6.45) is 0. The molecule has 0 aliphatic heterocycles. The highest BCUT2D eigenvalue weighted by molar-refractivity contribution is 7.19. The highest BCUT2D eigenvalue weighted by Gasteiger charge is 2.26. The summed E-state index contributed by atoms with van der Waals surface area (Å²) in [7, 11) is 1.60. The van der Waals surface area contributed by atoms with Gasteiger partial charge in [-0.15, -0.1) is 11.3 Å². The Bertz CT molecular complexity index is 1090. The quantitative estimate of drug-likeness (QED) is 0.489. The lowest BCUT2D eigenvalue weighted by atomic mass is 10.0. The summed E-state index contributed by atoms with van der Waals surface area (Å²) in [6.45, 7) is 1.84. The van der Waals surface area contributed by atoms with Gasteiger partial charge in [-0.2, -0.15) is 0 Å². The molecule has 0 aliphatic carbocycles. The van der Waals surface area contributed by atoms with Crippen LogP contribution in [0.15, 0.2) is 54.6 Å². The monoisotopic (exact) mass is 380 g/mol. The molecule has 0 fully saturated rings. The summed E-state index contributed by atoms with van der Waals surface area (Å²) < 4.78 is 6.32. The fourth-order valence-electron chi connectivity index (χ4n) is 3.04. The third-order valence-electron chi connectivity index (χ3n) is 4.62. The van der Waals surface area contributed by atoms with Gasteiger partial charge in [0.05, 0.1) is 13.7 Å². The van der Waals surface area contributed by atoms with Gasteiger partial charge in [0.1, 0.15) is 17.0 Å². The van der Waals surface area contributed by atoms with Crippen LogP contribution in [-0.2, 0) is 5.60 Å². The molecule has 0 aliphatic rings. The summed E-state index contributed by atoms with van der Waals surface area (Å²) in [4.78, 5) is 16.5. The first kappa shape index (κ1) is 17.6. The SMILES string of the molecule is COc1ccc2cc(C(=O)NCC(C)(O)c3cc4ccccc4s3)[nH]c2c1. The number of methoxy groups -OCH3 is 1. The number of aromatic amines is 1.